The molecule has 0 radical (unpaired) electrons. The number of carboxylic acid groups (broad SMARTS) is 1. The van der Waals surface area contributed by atoms with Crippen molar-refractivity contribution in [2.75, 3.05) is 6.61 Å². The van der Waals surface area contributed by atoms with Gasteiger partial charge in [0.2, 0.25) is 0 Å². The number of benzene rings is 2. The summed E-state index contributed by atoms with van der Waals surface area (Å²) < 4.78 is 6.09. The molecule has 1 amide bonds. The molecule has 0 saturated carbocycles. The van der Waals surface area contributed by atoms with Crippen LogP contribution in [0.2, 0.25) is 0 Å². The summed E-state index contributed by atoms with van der Waals surface area (Å²) in [5.41, 5.74) is 2.58. The second kappa shape index (κ2) is 9.07. The Morgan fingerprint density at radius 3 is 2.71 bits per heavy atom. The zero-order chi connectivity index (χ0) is 20.1. The van der Waals surface area contributed by atoms with Crippen LogP contribution in [0.4, 0.5) is 5.69 Å². The maximum Gasteiger partial charge on any atom is 0.341 e. The maximum absolute atomic E-state index is 12.3. The van der Waals surface area contributed by atoms with Crippen molar-refractivity contribution in [3.05, 3.63) is 63.0 Å². The van der Waals surface area contributed by atoms with Crippen molar-refractivity contribution in [1.29, 1.82) is 0 Å². The number of hydrogen-bond acceptors (Lipinski definition) is 5. The van der Waals surface area contributed by atoms with Crippen LogP contribution in [0.25, 0.3) is 6.08 Å². The zero-order valence-corrected chi connectivity index (χ0v) is 17.3. The molecule has 2 N–H and O–H groups in total. The average Bonchev–Trinajstić information content (AvgIpc) is 3.00. The quantitative estimate of drug-likeness (QED) is 0.624. The first kappa shape index (κ1) is 20.2. The van der Waals surface area contributed by atoms with E-state index in [9.17, 15) is 9.59 Å². The molecular formula is C20H17BrN2O4S. The van der Waals surface area contributed by atoms with E-state index in [1.807, 2.05) is 24.3 Å². The van der Waals surface area contributed by atoms with Crippen molar-refractivity contribution in [3.8, 4) is 5.75 Å². The summed E-state index contributed by atoms with van der Waals surface area (Å²) in [6.45, 7) is 1.62. The van der Waals surface area contributed by atoms with Crippen LogP contribution in [0.5, 0.6) is 5.75 Å². The molecule has 1 heterocycles. The number of carbonyl (C=O) groups is 2. The Hall–Kier alpha value is -2.58. The van der Waals surface area contributed by atoms with Crippen LogP contribution in [-0.2, 0) is 16.0 Å². The third kappa shape index (κ3) is 5.24. The number of nitrogens with zero attached hydrogens (tertiary/aromatic N) is 1. The van der Waals surface area contributed by atoms with Gasteiger partial charge in [-0.3, -0.25) is 4.79 Å². The molecule has 3 rings (SSSR count). The number of halogens is 1. The fraction of sp³-hybridized carbons (Fsp3) is 0.150. The van der Waals surface area contributed by atoms with E-state index in [-0.39, 0.29) is 5.91 Å². The molecule has 144 valence electrons. The molecule has 1 aliphatic rings. The third-order valence-electron chi connectivity index (χ3n) is 3.84. The largest absolute Gasteiger partial charge is 0.481 e. The van der Waals surface area contributed by atoms with Gasteiger partial charge in [0, 0.05) is 10.0 Å². The number of nitrogens with one attached hydrogen (secondary N) is 1. The van der Waals surface area contributed by atoms with Gasteiger partial charge >= 0.3 is 5.97 Å². The first-order valence-corrected chi connectivity index (χ1v) is 10.1. The lowest BCUT2D eigenvalue weighted by Gasteiger charge is -2.08. The summed E-state index contributed by atoms with van der Waals surface area (Å²) in [6.07, 6.45) is 2.61. The Bertz CT molecular complexity index is 971. The number of carbonyl (C=O) groups excluding carboxylic acids is 1. The fourth-order valence-corrected chi connectivity index (χ4v) is 3.66. The molecule has 2 aromatic carbocycles. The number of hydrogen-bond donors (Lipinski definition) is 2. The molecule has 28 heavy (non-hydrogen) atoms. The normalized spacial score (nSPS) is 16.4. The van der Waals surface area contributed by atoms with Crippen LogP contribution >= 0.6 is 27.7 Å². The van der Waals surface area contributed by atoms with Gasteiger partial charge < -0.3 is 15.2 Å². The molecular weight excluding hydrogens is 444 g/mol. The molecule has 2 aromatic rings. The van der Waals surface area contributed by atoms with E-state index in [4.69, 9.17) is 9.84 Å². The zero-order valence-electron chi connectivity index (χ0n) is 14.9. The predicted octanol–water partition coefficient (Wildman–Crippen LogP) is 4.37. The molecule has 1 fully saturated rings. The van der Waals surface area contributed by atoms with Gasteiger partial charge in [-0.25, -0.2) is 9.79 Å². The van der Waals surface area contributed by atoms with E-state index in [0.717, 1.165) is 16.6 Å². The van der Waals surface area contributed by atoms with E-state index in [0.29, 0.717) is 21.4 Å². The lowest BCUT2D eigenvalue weighted by atomic mass is 10.2. The number of ether oxygens (including phenoxy) is 1. The molecule has 8 heteroatoms. The number of carboxylic acids is 1. The third-order valence-corrected chi connectivity index (χ3v) is 5.24. The first-order valence-electron chi connectivity index (χ1n) is 8.47. The fourth-order valence-electron chi connectivity index (χ4n) is 2.45. The summed E-state index contributed by atoms with van der Waals surface area (Å²) in [5.74, 6) is -0.955. The SMILES string of the molecule is CCc1ccc(N=C2NC(=O)C(=Cc3cc(Br)ccc3OCC(=O)O)S2)cc1. The molecule has 1 aliphatic heterocycles. The van der Waals surface area contributed by atoms with Crippen LogP contribution in [0, 0.1) is 0 Å². The van der Waals surface area contributed by atoms with Gasteiger partial charge in [0.15, 0.2) is 11.8 Å². The molecule has 0 unspecified atom stereocenters. The average molecular weight is 461 g/mol. The van der Waals surface area contributed by atoms with Gasteiger partial charge in [-0.2, -0.15) is 0 Å². The van der Waals surface area contributed by atoms with Gasteiger partial charge in [-0.05, 0) is 60.2 Å². The monoisotopic (exact) mass is 460 g/mol. The Morgan fingerprint density at radius 1 is 1.29 bits per heavy atom. The minimum atomic E-state index is -1.07. The second-order valence-corrected chi connectivity index (χ2v) is 7.81. The van der Waals surface area contributed by atoms with Crippen LogP contribution in [0.15, 0.2) is 56.8 Å². The van der Waals surface area contributed by atoms with E-state index in [1.165, 1.54) is 17.3 Å². The molecule has 0 aromatic heterocycles. The number of aliphatic imine (C=N–C) groups is 1. The smallest absolute Gasteiger partial charge is 0.341 e. The van der Waals surface area contributed by atoms with Crippen molar-refractivity contribution in [3.63, 3.8) is 0 Å². The molecule has 0 atom stereocenters. The highest BCUT2D eigenvalue weighted by Crippen LogP contribution is 2.32. The summed E-state index contributed by atoms with van der Waals surface area (Å²) in [6, 6.07) is 13.0. The summed E-state index contributed by atoms with van der Waals surface area (Å²) >= 11 is 4.60. The highest BCUT2D eigenvalue weighted by molar-refractivity contribution is 9.10. The van der Waals surface area contributed by atoms with Crippen LogP contribution in [0.3, 0.4) is 0 Å². The van der Waals surface area contributed by atoms with E-state index in [1.54, 1.807) is 24.3 Å². The minimum Gasteiger partial charge on any atom is -0.481 e. The second-order valence-electron chi connectivity index (χ2n) is 5.87. The Balaban J connectivity index is 1.83. The molecule has 0 bridgehead atoms. The highest BCUT2D eigenvalue weighted by Gasteiger charge is 2.24. The molecule has 1 saturated heterocycles. The van der Waals surface area contributed by atoms with E-state index < -0.39 is 12.6 Å². The predicted molar refractivity (Wildman–Crippen MR) is 114 cm³/mol. The van der Waals surface area contributed by atoms with Crippen LogP contribution in [0.1, 0.15) is 18.1 Å². The van der Waals surface area contributed by atoms with E-state index >= 15 is 0 Å². The summed E-state index contributed by atoms with van der Waals surface area (Å²) in [4.78, 5) is 28.0. The van der Waals surface area contributed by atoms with Crippen LogP contribution in [-0.4, -0.2) is 28.8 Å². The van der Waals surface area contributed by atoms with Gasteiger partial charge in [0.05, 0.1) is 10.6 Å². The van der Waals surface area contributed by atoms with Crippen molar-refractivity contribution in [2.24, 2.45) is 4.99 Å². The van der Waals surface area contributed by atoms with Crippen molar-refractivity contribution in [1.82, 2.24) is 5.32 Å². The van der Waals surface area contributed by atoms with Crippen LogP contribution < -0.4 is 10.1 Å². The number of amidine groups is 1. The Morgan fingerprint density at radius 2 is 2.04 bits per heavy atom. The number of aryl methyl sites for hydroxylation is 1. The molecule has 6 nitrogen and oxygen atoms in total. The first-order chi connectivity index (χ1) is 13.4. The number of rotatable bonds is 6. The number of amides is 1. The standard InChI is InChI=1S/C20H17BrN2O4S/c1-2-12-3-6-15(7-4-12)22-20-23-19(26)17(28-20)10-13-9-14(21)5-8-16(13)27-11-18(24)25/h3-10H,2,11H2,1H3,(H,24,25)(H,22,23,26). The minimum absolute atomic E-state index is 0.266. The number of thioether (sulfide) groups is 1. The van der Waals surface area contributed by atoms with Crippen molar-refractivity contribution >= 4 is 56.5 Å². The highest BCUT2D eigenvalue weighted by atomic mass is 79.9. The lowest BCUT2D eigenvalue weighted by Crippen LogP contribution is -2.19. The summed E-state index contributed by atoms with van der Waals surface area (Å²) in [5, 5.41) is 12.1. The maximum atomic E-state index is 12.3. The van der Waals surface area contributed by atoms with Gasteiger partial charge in [-0.15, -0.1) is 0 Å². The number of aliphatic carboxylic acids is 1. The van der Waals surface area contributed by atoms with E-state index in [2.05, 4.69) is 33.2 Å². The van der Waals surface area contributed by atoms with Gasteiger partial charge in [-0.1, -0.05) is 35.0 Å². The van der Waals surface area contributed by atoms with Crippen molar-refractivity contribution < 1.29 is 19.4 Å². The lowest BCUT2D eigenvalue weighted by molar-refractivity contribution is -0.139. The Labute approximate surface area is 174 Å². The van der Waals surface area contributed by atoms with Gasteiger partial charge in [0.25, 0.3) is 5.91 Å². The topological polar surface area (TPSA) is 88.0 Å². The van der Waals surface area contributed by atoms with Crippen molar-refractivity contribution in [2.45, 2.75) is 13.3 Å². The molecule has 0 aliphatic carbocycles. The molecule has 0 spiro atoms. The Kier molecular flexibility index (Phi) is 6.53. The summed E-state index contributed by atoms with van der Waals surface area (Å²) in [7, 11) is 0. The van der Waals surface area contributed by atoms with Gasteiger partial charge in [0.1, 0.15) is 5.75 Å².